The molecule has 3 rings (SSSR count). The van der Waals surface area contributed by atoms with Gasteiger partial charge in [-0.15, -0.1) is 11.3 Å². The number of esters is 1. The van der Waals surface area contributed by atoms with Crippen LogP contribution in [0.1, 0.15) is 17.4 Å². The standard InChI is InChI=1S/C16H11I2NO3S/c1-2-21-14-10(17)6-9(7-11(14)18)8-12-16(20)22-15(19-12)13-4-3-5-23-13/h3-8H,2H2,1H3. The van der Waals surface area contributed by atoms with Crippen molar-refractivity contribution in [2.45, 2.75) is 6.92 Å². The van der Waals surface area contributed by atoms with Crippen LogP contribution in [0.15, 0.2) is 40.3 Å². The Morgan fingerprint density at radius 3 is 2.70 bits per heavy atom. The summed E-state index contributed by atoms with van der Waals surface area (Å²) in [5, 5.41) is 1.92. The van der Waals surface area contributed by atoms with Crippen molar-refractivity contribution in [3.8, 4) is 5.75 Å². The molecule has 0 amide bonds. The van der Waals surface area contributed by atoms with E-state index in [-0.39, 0.29) is 0 Å². The summed E-state index contributed by atoms with van der Waals surface area (Å²) in [6.45, 7) is 2.57. The van der Waals surface area contributed by atoms with Crippen LogP contribution < -0.4 is 4.74 Å². The van der Waals surface area contributed by atoms with Crippen molar-refractivity contribution in [3.05, 3.63) is 52.9 Å². The van der Waals surface area contributed by atoms with Crippen molar-refractivity contribution < 1.29 is 14.3 Å². The molecule has 4 nitrogen and oxygen atoms in total. The van der Waals surface area contributed by atoms with E-state index in [9.17, 15) is 4.79 Å². The molecule has 1 aliphatic rings. The van der Waals surface area contributed by atoms with Gasteiger partial charge in [-0.3, -0.25) is 0 Å². The maximum Gasteiger partial charge on any atom is 0.363 e. The van der Waals surface area contributed by atoms with E-state index in [1.54, 1.807) is 6.08 Å². The summed E-state index contributed by atoms with van der Waals surface area (Å²) in [7, 11) is 0. The largest absolute Gasteiger partial charge is 0.492 e. The Bertz CT molecular complexity index is 790. The average Bonchev–Trinajstić information content (AvgIpc) is 3.13. The Morgan fingerprint density at radius 1 is 1.35 bits per heavy atom. The molecule has 0 unspecified atom stereocenters. The maximum atomic E-state index is 12.0. The highest BCUT2D eigenvalue weighted by Gasteiger charge is 2.24. The Kier molecular flexibility index (Phi) is 5.37. The zero-order valence-electron chi connectivity index (χ0n) is 12.0. The van der Waals surface area contributed by atoms with E-state index in [1.807, 2.05) is 36.6 Å². The SMILES string of the molecule is CCOc1c(I)cc(C=C2N=C(c3cccs3)OC2=O)cc1I. The molecule has 7 heteroatoms. The molecule has 0 N–H and O–H groups in total. The molecule has 0 fully saturated rings. The number of hydrogen-bond donors (Lipinski definition) is 0. The minimum absolute atomic E-state index is 0.309. The summed E-state index contributed by atoms with van der Waals surface area (Å²) in [5.41, 5.74) is 1.20. The summed E-state index contributed by atoms with van der Waals surface area (Å²) in [4.78, 5) is 17.1. The summed E-state index contributed by atoms with van der Waals surface area (Å²) in [6, 6.07) is 7.71. The molecule has 1 aromatic carbocycles. The molecule has 0 saturated carbocycles. The van der Waals surface area contributed by atoms with E-state index in [2.05, 4.69) is 50.2 Å². The maximum absolute atomic E-state index is 12.0. The number of aliphatic imine (C=N–C) groups is 1. The second kappa shape index (κ2) is 7.31. The predicted octanol–water partition coefficient (Wildman–Crippen LogP) is 4.70. The first-order valence-corrected chi connectivity index (χ1v) is 9.80. The molecule has 1 aromatic heterocycles. The van der Waals surface area contributed by atoms with Crippen LogP contribution in [0.4, 0.5) is 0 Å². The normalized spacial score (nSPS) is 15.7. The highest BCUT2D eigenvalue weighted by Crippen LogP contribution is 2.30. The number of ether oxygens (including phenoxy) is 2. The Balaban J connectivity index is 1.94. The summed E-state index contributed by atoms with van der Waals surface area (Å²) in [5.74, 6) is 0.812. The minimum Gasteiger partial charge on any atom is -0.492 e. The molecule has 2 aromatic rings. The van der Waals surface area contributed by atoms with Gasteiger partial charge in [-0.2, -0.15) is 0 Å². The van der Waals surface area contributed by atoms with E-state index in [1.165, 1.54) is 11.3 Å². The second-order valence-corrected chi connectivity index (χ2v) is 7.83. The van der Waals surface area contributed by atoms with Crippen molar-refractivity contribution in [2.75, 3.05) is 6.61 Å². The number of thiophene rings is 1. The number of carbonyl (C=O) groups excluding carboxylic acids is 1. The van der Waals surface area contributed by atoms with E-state index >= 15 is 0 Å². The lowest BCUT2D eigenvalue weighted by Gasteiger charge is -2.09. The van der Waals surface area contributed by atoms with Crippen LogP contribution in [0.2, 0.25) is 0 Å². The smallest absolute Gasteiger partial charge is 0.363 e. The van der Waals surface area contributed by atoms with Gasteiger partial charge in [-0.25, -0.2) is 9.79 Å². The monoisotopic (exact) mass is 551 g/mol. The quantitative estimate of drug-likeness (QED) is 0.315. The molecular weight excluding hydrogens is 540 g/mol. The highest BCUT2D eigenvalue weighted by molar-refractivity contribution is 14.1. The Labute approximate surface area is 164 Å². The average molecular weight is 551 g/mol. The van der Waals surface area contributed by atoms with E-state index in [4.69, 9.17) is 9.47 Å². The van der Waals surface area contributed by atoms with Crippen molar-refractivity contribution in [3.63, 3.8) is 0 Å². The van der Waals surface area contributed by atoms with Crippen LogP contribution in [0.5, 0.6) is 5.75 Å². The number of nitrogens with zero attached hydrogens (tertiary/aromatic N) is 1. The number of hydrogen-bond acceptors (Lipinski definition) is 5. The fraction of sp³-hybridized carbons (Fsp3) is 0.125. The molecule has 1 aliphatic heterocycles. The molecule has 0 saturated heterocycles. The van der Waals surface area contributed by atoms with Gasteiger partial charge in [0.1, 0.15) is 5.75 Å². The van der Waals surface area contributed by atoms with Crippen LogP contribution in [0, 0.1) is 7.14 Å². The molecule has 0 radical (unpaired) electrons. The molecule has 118 valence electrons. The lowest BCUT2D eigenvalue weighted by atomic mass is 10.2. The van der Waals surface area contributed by atoms with Crippen molar-refractivity contribution in [1.29, 1.82) is 0 Å². The van der Waals surface area contributed by atoms with E-state index < -0.39 is 5.97 Å². The number of carbonyl (C=O) groups is 1. The van der Waals surface area contributed by atoms with Gasteiger partial charge in [0.25, 0.3) is 0 Å². The molecule has 2 heterocycles. The molecule has 23 heavy (non-hydrogen) atoms. The van der Waals surface area contributed by atoms with E-state index in [0.29, 0.717) is 18.2 Å². The number of benzene rings is 1. The second-order valence-electron chi connectivity index (χ2n) is 4.56. The lowest BCUT2D eigenvalue weighted by molar-refractivity contribution is -0.129. The molecule has 0 bridgehead atoms. The van der Waals surface area contributed by atoms with Gasteiger partial charge in [-0.05, 0) is 87.3 Å². The van der Waals surface area contributed by atoms with Crippen LogP contribution in [-0.4, -0.2) is 18.5 Å². The third kappa shape index (κ3) is 3.77. The molecule has 0 atom stereocenters. The third-order valence-corrected chi connectivity index (χ3v) is 5.43. The Morgan fingerprint density at radius 2 is 2.09 bits per heavy atom. The number of cyclic esters (lactones) is 1. The van der Waals surface area contributed by atoms with Gasteiger partial charge in [0.2, 0.25) is 5.90 Å². The lowest BCUT2D eigenvalue weighted by Crippen LogP contribution is -2.03. The summed E-state index contributed by atoms with van der Waals surface area (Å²) < 4.78 is 12.9. The molecular formula is C16H11I2NO3S. The molecule has 0 spiro atoms. The number of halogens is 2. The first-order valence-electron chi connectivity index (χ1n) is 6.76. The number of rotatable bonds is 4. The highest BCUT2D eigenvalue weighted by atomic mass is 127. The summed E-state index contributed by atoms with van der Waals surface area (Å²) >= 11 is 5.95. The summed E-state index contributed by atoms with van der Waals surface area (Å²) in [6.07, 6.45) is 1.74. The first-order chi connectivity index (χ1) is 11.1. The van der Waals surface area contributed by atoms with Gasteiger partial charge in [-0.1, -0.05) is 6.07 Å². The van der Waals surface area contributed by atoms with Crippen molar-refractivity contribution >= 4 is 74.5 Å². The van der Waals surface area contributed by atoms with Crippen molar-refractivity contribution in [2.24, 2.45) is 4.99 Å². The van der Waals surface area contributed by atoms with Crippen LogP contribution in [0.25, 0.3) is 6.08 Å². The Hall–Kier alpha value is -0.940. The topological polar surface area (TPSA) is 47.9 Å². The fourth-order valence-electron chi connectivity index (χ4n) is 2.02. The minimum atomic E-state index is -0.424. The fourth-order valence-corrected chi connectivity index (χ4v) is 4.79. The third-order valence-electron chi connectivity index (χ3n) is 2.97. The van der Waals surface area contributed by atoms with Gasteiger partial charge >= 0.3 is 5.97 Å². The van der Waals surface area contributed by atoms with Gasteiger partial charge in [0.15, 0.2) is 5.70 Å². The first kappa shape index (κ1) is 16.9. The predicted molar refractivity (Wildman–Crippen MR) is 108 cm³/mol. The molecule has 0 aliphatic carbocycles. The van der Waals surface area contributed by atoms with Gasteiger partial charge in [0.05, 0.1) is 18.6 Å². The van der Waals surface area contributed by atoms with Crippen LogP contribution >= 0.6 is 56.5 Å². The zero-order chi connectivity index (χ0) is 16.4. The zero-order valence-corrected chi connectivity index (χ0v) is 17.1. The van der Waals surface area contributed by atoms with E-state index in [0.717, 1.165) is 23.3 Å². The van der Waals surface area contributed by atoms with Crippen LogP contribution in [0.3, 0.4) is 0 Å². The van der Waals surface area contributed by atoms with Crippen molar-refractivity contribution in [1.82, 2.24) is 0 Å². The van der Waals surface area contributed by atoms with Gasteiger partial charge < -0.3 is 9.47 Å². The van der Waals surface area contributed by atoms with Gasteiger partial charge in [0, 0.05) is 0 Å². The van der Waals surface area contributed by atoms with Crippen LogP contribution in [-0.2, 0) is 9.53 Å².